The molecule has 4 heteroatoms. The van der Waals surface area contributed by atoms with Crippen molar-refractivity contribution in [3.8, 4) is 0 Å². The molecule has 2 saturated heterocycles. The van der Waals surface area contributed by atoms with E-state index in [0.29, 0.717) is 23.7 Å². The van der Waals surface area contributed by atoms with Crippen LogP contribution in [0.5, 0.6) is 0 Å². The Kier molecular flexibility index (Phi) is 3.99. The summed E-state index contributed by atoms with van der Waals surface area (Å²) in [4.78, 5) is 19.4. The first kappa shape index (κ1) is 17.7. The van der Waals surface area contributed by atoms with Gasteiger partial charge in [0.25, 0.3) is 0 Å². The summed E-state index contributed by atoms with van der Waals surface area (Å²) >= 11 is 6.54. The van der Waals surface area contributed by atoms with Crippen molar-refractivity contribution in [2.24, 2.45) is 23.2 Å². The summed E-state index contributed by atoms with van der Waals surface area (Å²) in [6.07, 6.45) is 13.8. The Labute approximate surface area is 167 Å². The molecule has 27 heavy (non-hydrogen) atoms. The zero-order chi connectivity index (χ0) is 18.8. The van der Waals surface area contributed by atoms with E-state index in [0.717, 1.165) is 36.4 Å². The molecule has 0 N–H and O–H groups in total. The van der Waals surface area contributed by atoms with E-state index in [9.17, 15) is 4.79 Å². The maximum atomic E-state index is 12.8. The molecule has 0 radical (unpaired) electrons. The van der Waals surface area contributed by atoms with Crippen LogP contribution < -0.4 is 0 Å². The highest BCUT2D eigenvalue weighted by Crippen LogP contribution is 2.63. The van der Waals surface area contributed by atoms with Gasteiger partial charge in [0, 0.05) is 36.5 Å². The third-order valence-electron chi connectivity index (χ3n) is 8.55. The molecule has 1 amide bonds. The van der Waals surface area contributed by atoms with Crippen LogP contribution in [0.1, 0.15) is 64.4 Å². The fraction of sp³-hybridized carbons (Fsp3) is 0.652. The van der Waals surface area contributed by atoms with E-state index in [1.807, 2.05) is 12.3 Å². The summed E-state index contributed by atoms with van der Waals surface area (Å²) in [6.45, 7) is 5.79. The number of fused-ring (bicyclic) bond motifs is 5. The van der Waals surface area contributed by atoms with Gasteiger partial charge in [0.1, 0.15) is 0 Å². The van der Waals surface area contributed by atoms with Crippen LogP contribution in [0.4, 0.5) is 0 Å². The number of carbonyl (C=O) groups is 1. The molecule has 4 aliphatic rings. The second-order valence-electron chi connectivity index (χ2n) is 9.59. The SMILES string of the molecule is C[C@]12CCC3[C@@H](CCC(=O)N4CCC[C@]34C)C1CC=C2c1cnccc1Cl. The van der Waals surface area contributed by atoms with Crippen molar-refractivity contribution in [3.05, 3.63) is 35.1 Å². The van der Waals surface area contributed by atoms with E-state index >= 15 is 0 Å². The molecule has 0 bridgehead atoms. The first-order valence-corrected chi connectivity index (χ1v) is 10.9. The lowest BCUT2D eigenvalue weighted by molar-refractivity contribution is -0.135. The first-order valence-electron chi connectivity index (χ1n) is 10.6. The van der Waals surface area contributed by atoms with Gasteiger partial charge < -0.3 is 4.90 Å². The highest BCUT2D eigenvalue weighted by Gasteiger charge is 2.58. The van der Waals surface area contributed by atoms with Gasteiger partial charge in [0.2, 0.25) is 5.91 Å². The van der Waals surface area contributed by atoms with Crippen molar-refractivity contribution >= 4 is 23.1 Å². The third kappa shape index (κ3) is 2.40. The number of hydrogen-bond donors (Lipinski definition) is 0. The van der Waals surface area contributed by atoms with Crippen molar-refractivity contribution in [2.75, 3.05) is 6.54 Å². The Morgan fingerprint density at radius 2 is 2.07 bits per heavy atom. The Morgan fingerprint density at radius 3 is 2.89 bits per heavy atom. The van der Waals surface area contributed by atoms with Gasteiger partial charge in [-0.3, -0.25) is 9.78 Å². The molecule has 2 aliphatic heterocycles. The molecule has 3 heterocycles. The van der Waals surface area contributed by atoms with Gasteiger partial charge >= 0.3 is 0 Å². The number of hydrogen-bond acceptors (Lipinski definition) is 2. The summed E-state index contributed by atoms with van der Waals surface area (Å²) < 4.78 is 0. The van der Waals surface area contributed by atoms with Crippen molar-refractivity contribution in [2.45, 2.75) is 64.3 Å². The second kappa shape index (κ2) is 6.07. The number of pyridine rings is 1. The summed E-state index contributed by atoms with van der Waals surface area (Å²) in [6, 6.07) is 1.90. The number of aromatic nitrogens is 1. The highest BCUT2D eigenvalue weighted by atomic mass is 35.5. The van der Waals surface area contributed by atoms with Crippen molar-refractivity contribution in [1.29, 1.82) is 0 Å². The minimum atomic E-state index is 0.0777. The molecule has 3 nitrogen and oxygen atoms in total. The maximum Gasteiger partial charge on any atom is 0.223 e. The van der Waals surface area contributed by atoms with Gasteiger partial charge in [-0.25, -0.2) is 0 Å². The smallest absolute Gasteiger partial charge is 0.223 e. The largest absolute Gasteiger partial charge is 0.337 e. The van der Waals surface area contributed by atoms with Crippen LogP contribution in [0.15, 0.2) is 24.5 Å². The molecule has 3 fully saturated rings. The van der Waals surface area contributed by atoms with Gasteiger partial charge in [-0.1, -0.05) is 24.6 Å². The fourth-order valence-electron chi connectivity index (χ4n) is 7.23. The van der Waals surface area contributed by atoms with E-state index in [-0.39, 0.29) is 11.0 Å². The molecule has 144 valence electrons. The minimum Gasteiger partial charge on any atom is -0.337 e. The van der Waals surface area contributed by atoms with Gasteiger partial charge in [0.15, 0.2) is 0 Å². The van der Waals surface area contributed by atoms with Crippen LogP contribution in [-0.2, 0) is 4.79 Å². The summed E-state index contributed by atoms with van der Waals surface area (Å²) in [5.41, 5.74) is 2.74. The molecular formula is C23H29ClN2O. The molecule has 5 atom stereocenters. The van der Waals surface area contributed by atoms with Crippen molar-refractivity contribution in [3.63, 3.8) is 0 Å². The maximum absolute atomic E-state index is 12.8. The molecule has 2 unspecified atom stereocenters. The Morgan fingerprint density at radius 1 is 1.22 bits per heavy atom. The molecule has 5 rings (SSSR count). The lowest BCUT2D eigenvalue weighted by Crippen LogP contribution is -2.53. The molecule has 1 saturated carbocycles. The first-order chi connectivity index (χ1) is 12.9. The summed E-state index contributed by atoms with van der Waals surface area (Å²) in [5.74, 6) is 2.28. The second-order valence-corrected chi connectivity index (χ2v) is 9.99. The zero-order valence-corrected chi connectivity index (χ0v) is 17.1. The van der Waals surface area contributed by atoms with E-state index in [1.165, 1.54) is 31.3 Å². The Hall–Kier alpha value is -1.35. The van der Waals surface area contributed by atoms with Crippen molar-refractivity contribution < 1.29 is 4.79 Å². The van der Waals surface area contributed by atoms with Crippen LogP contribution in [0.3, 0.4) is 0 Å². The molecule has 0 aromatic carbocycles. The zero-order valence-electron chi connectivity index (χ0n) is 16.4. The molecule has 0 spiro atoms. The number of carbonyl (C=O) groups excluding carboxylic acids is 1. The number of halogens is 1. The fourth-order valence-corrected chi connectivity index (χ4v) is 7.44. The monoisotopic (exact) mass is 384 g/mol. The van der Waals surface area contributed by atoms with Crippen LogP contribution in [0.25, 0.3) is 5.57 Å². The van der Waals surface area contributed by atoms with E-state index < -0.39 is 0 Å². The highest BCUT2D eigenvalue weighted by molar-refractivity contribution is 6.32. The van der Waals surface area contributed by atoms with Crippen LogP contribution >= 0.6 is 11.6 Å². The quantitative estimate of drug-likeness (QED) is 0.654. The van der Waals surface area contributed by atoms with Crippen LogP contribution in [-0.4, -0.2) is 27.9 Å². The van der Waals surface area contributed by atoms with E-state index in [4.69, 9.17) is 11.6 Å². The topological polar surface area (TPSA) is 33.2 Å². The average molecular weight is 385 g/mol. The van der Waals surface area contributed by atoms with Gasteiger partial charge in [0.05, 0.1) is 5.02 Å². The molecular weight excluding hydrogens is 356 g/mol. The summed E-state index contributed by atoms with van der Waals surface area (Å²) in [7, 11) is 0. The minimum absolute atomic E-state index is 0.0777. The molecule has 1 aromatic heterocycles. The van der Waals surface area contributed by atoms with Gasteiger partial charge in [-0.05, 0) is 80.3 Å². The lowest BCUT2D eigenvalue weighted by atomic mass is 9.54. The summed E-state index contributed by atoms with van der Waals surface area (Å²) in [5, 5.41) is 0.810. The normalized spacial score (nSPS) is 40.9. The third-order valence-corrected chi connectivity index (χ3v) is 8.88. The number of rotatable bonds is 1. The number of amides is 1. The average Bonchev–Trinajstić information content (AvgIpc) is 3.18. The Balaban J connectivity index is 1.52. The van der Waals surface area contributed by atoms with Crippen LogP contribution in [0.2, 0.25) is 5.02 Å². The van der Waals surface area contributed by atoms with E-state index in [2.05, 4.69) is 29.8 Å². The predicted molar refractivity (Wildman–Crippen MR) is 108 cm³/mol. The lowest BCUT2D eigenvalue weighted by Gasteiger charge is -2.53. The number of allylic oxidation sites excluding steroid dienone is 2. The van der Waals surface area contributed by atoms with Crippen molar-refractivity contribution in [1.82, 2.24) is 9.88 Å². The van der Waals surface area contributed by atoms with E-state index in [1.54, 1.807) is 6.20 Å². The molecule has 1 aromatic rings. The Bertz CT molecular complexity index is 820. The van der Waals surface area contributed by atoms with Gasteiger partial charge in [-0.2, -0.15) is 0 Å². The number of nitrogens with zero attached hydrogens (tertiary/aromatic N) is 2. The van der Waals surface area contributed by atoms with Crippen LogP contribution in [0, 0.1) is 23.2 Å². The predicted octanol–water partition coefficient (Wildman–Crippen LogP) is 5.35. The van der Waals surface area contributed by atoms with Gasteiger partial charge in [-0.15, -0.1) is 0 Å². The standard InChI is InChI=1S/C23H29ClN2O/c1-22-11-8-19-15(4-7-21(27)26-13-3-10-23(19,26)2)17(22)5-6-18(22)16-14-25-12-9-20(16)24/h6,9,12,14-15,17,19H,3-5,7-8,10-11,13H2,1-2H3/t15-,17?,19?,22-,23+/m0/s1. The molecule has 2 aliphatic carbocycles.